The van der Waals surface area contributed by atoms with Crippen LogP contribution < -0.4 is 0 Å². The molecule has 1 unspecified atom stereocenters. The van der Waals surface area contributed by atoms with E-state index in [0.29, 0.717) is 6.54 Å². The Labute approximate surface area is 110 Å². The number of hydrogen-bond acceptors (Lipinski definition) is 3. The van der Waals surface area contributed by atoms with E-state index in [1.54, 1.807) is 11.8 Å². The number of carbonyl (C=O) groups excluding carboxylic acids is 2. The molecule has 0 bridgehead atoms. The van der Waals surface area contributed by atoms with Gasteiger partial charge in [0.05, 0.1) is 6.04 Å². The number of nitrogens with zero attached hydrogens (tertiary/aromatic N) is 1. The normalized spacial score (nSPS) is 23.7. The summed E-state index contributed by atoms with van der Waals surface area (Å²) in [5.41, 5.74) is -0.483. The van der Waals surface area contributed by atoms with Gasteiger partial charge in [0.1, 0.15) is 5.60 Å². The number of hydrogen-bond donors (Lipinski definition) is 0. The molecule has 1 rings (SSSR count). The highest BCUT2D eigenvalue weighted by Crippen LogP contribution is 2.33. The van der Waals surface area contributed by atoms with E-state index in [1.165, 1.54) is 0 Å². The van der Waals surface area contributed by atoms with Gasteiger partial charge in [-0.3, -0.25) is 9.69 Å². The van der Waals surface area contributed by atoms with Gasteiger partial charge < -0.3 is 4.74 Å². The molecule has 1 aliphatic rings. The molecular formula is C14H25NO3. The number of amides is 1. The van der Waals surface area contributed by atoms with E-state index in [9.17, 15) is 9.59 Å². The average molecular weight is 255 g/mol. The van der Waals surface area contributed by atoms with Gasteiger partial charge in [0, 0.05) is 6.54 Å². The molecule has 4 nitrogen and oxygen atoms in total. The zero-order valence-electron chi connectivity index (χ0n) is 12.4. The predicted octanol–water partition coefficient (Wildman–Crippen LogP) is 3.00. The standard InChI is InChI=1S/C14H25NO3/c1-10(16)11-7-8-14(5,6)9-15(11)12(17)18-13(2,3)4/h11H,7-9H2,1-6H3. The average Bonchev–Trinajstić information content (AvgIpc) is 2.12. The lowest BCUT2D eigenvalue weighted by Crippen LogP contribution is -2.53. The highest BCUT2D eigenvalue weighted by molar-refractivity contribution is 5.85. The summed E-state index contributed by atoms with van der Waals surface area (Å²) < 4.78 is 5.39. The third kappa shape index (κ3) is 4.00. The molecule has 0 aliphatic carbocycles. The lowest BCUT2D eigenvalue weighted by molar-refractivity contribution is -0.124. The van der Waals surface area contributed by atoms with Crippen molar-refractivity contribution < 1.29 is 14.3 Å². The number of ketones is 1. The maximum atomic E-state index is 12.2. The summed E-state index contributed by atoms with van der Waals surface area (Å²) in [6.07, 6.45) is 1.30. The van der Waals surface area contributed by atoms with Crippen LogP contribution in [-0.4, -0.2) is 35.0 Å². The SMILES string of the molecule is CC(=O)C1CCC(C)(C)CN1C(=O)OC(C)(C)C. The number of carbonyl (C=O) groups is 2. The summed E-state index contributed by atoms with van der Waals surface area (Å²) >= 11 is 0. The highest BCUT2D eigenvalue weighted by atomic mass is 16.6. The van der Waals surface area contributed by atoms with Gasteiger partial charge in [-0.2, -0.15) is 0 Å². The van der Waals surface area contributed by atoms with Gasteiger partial charge in [0.25, 0.3) is 0 Å². The number of piperidine rings is 1. The van der Waals surface area contributed by atoms with E-state index in [1.807, 2.05) is 20.8 Å². The molecule has 0 aromatic rings. The first kappa shape index (κ1) is 15.0. The van der Waals surface area contributed by atoms with Crippen molar-refractivity contribution in [2.75, 3.05) is 6.54 Å². The van der Waals surface area contributed by atoms with Gasteiger partial charge in [-0.1, -0.05) is 13.8 Å². The van der Waals surface area contributed by atoms with Crippen LogP contribution in [0.4, 0.5) is 4.79 Å². The first-order valence-electron chi connectivity index (χ1n) is 6.52. The van der Waals surface area contributed by atoms with E-state index in [4.69, 9.17) is 4.74 Å². The summed E-state index contributed by atoms with van der Waals surface area (Å²) in [6.45, 7) is 11.8. The highest BCUT2D eigenvalue weighted by Gasteiger charge is 2.39. The van der Waals surface area contributed by atoms with Gasteiger partial charge in [-0.25, -0.2) is 4.79 Å². The Morgan fingerprint density at radius 2 is 1.83 bits per heavy atom. The Morgan fingerprint density at radius 1 is 1.28 bits per heavy atom. The Kier molecular flexibility index (Phi) is 4.08. The summed E-state index contributed by atoms with van der Waals surface area (Å²) in [5, 5.41) is 0. The Morgan fingerprint density at radius 3 is 2.28 bits per heavy atom. The Hall–Kier alpha value is -1.06. The molecule has 1 atom stereocenters. The molecule has 1 amide bonds. The van der Waals surface area contributed by atoms with Crippen molar-refractivity contribution in [1.29, 1.82) is 0 Å². The van der Waals surface area contributed by atoms with Crippen molar-refractivity contribution >= 4 is 11.9 Å². The van der Waals surface area contributed by atoms with Gasteiger partial charge in [0.2, 0.25) is 0 Å². The fraction of sp³-hybridized carbons (Fsp3) is 0.857. The van der Waals surface area contributed by atoms with Gasteiger partial charge >= 0.3 is 6.09 Å². The van der Waals surface area contributed by atoms with Crippen LogP contribution in [0.1, 0.15) is 54.4 Å². The van der Waals surface area contributed by atoms with Crippen LogP contribution in [0, 0.1) is 5.41 Å². The van der Waals surface area contributed by atoms with Crippen molar-refractivity contribution in [3.63, 3.8) is 0 Å². The lowest BCUT2D eigenvalue weighted by atomic mass is 9.80. The third-order valence-corrected chi connectivity index (χ3v) is 3.17. The topological polar surface area (TPSA) is 46.6 Å². The van der Waals surface area contributed by atoms with Crippen LogP contribution in [0.5, 0.6) is 0 Å². The molecule has 4 heteroatoms. The second-order valence-corrected chi connectivity index (χ2v) is 6.94. The van der Waals surface area contributed by atoms with Crippen LogP contribution in [0.15, 0.2) is 0 Å². The van der Waals surface area contributed by atoms with E-state index < -0.39 is 5.60 Å². The quantitative estimate of drug-likeness (QED) is 0.723. The van der Waals surface area contributed by atoms with Crippen LogP contribution in [0.2, 0.25) is 0 Å². The maximum absolute atomic E-state index is 12.2. The molecule has 0 radical (unpaired) electrons. The third-order valence-electron chi connectivity index (χ3n) is 3.17. The molecule has 1 heterocycles. The summed E-state index contributed by atoms with van der Waals surface area (Å²) in [6, 6.07) is -0.326. The van der Waals surface area contributed by atoms with Gasteiger partial charge in [-0.15, -0.1) is 0 Å². The van der Waals surface area contributed by atoms with Crippen molar-refractivity contribution in [3.8, 4) is 0 Å². The van der Waals surface area contributed by atoms with Crippen molar-refractivity contribution in [2.45, 2.75) is 66.0 Å². The molecule has 0 aromatic heterocycles. The molecule has 0 aromatic carbocycles. The number of likely N-dealkylation sites (tertiary alicyclic amines) is 1. The van der Waals surface area contributed by atoms with Crippen molar-refractivity contribution in [1.82, 2.24) is 4.90 Å². The van der Waals surface area contributed by atoms with E-state index in [-0.39, 0.29) is 23.3 Å². The number of rotatable bonds is 1. The maximum Gasteiger partial charge on any atom is 0.410 e. The van der Waals surface area contributed by atoms with Crippen LogP contribution in [-0.2, 0) is 9.53 Å². The zero-order chi connectivity index (χ0) is 14.1. The van der Waals surface area contributed by atoms with Crippen LogP contribution in [0.25, 0.3) is 0 Å². The summed E-state index contributed by atoms with van der Waals surface area (Å²) in [7, 11) is 0. The molecule has 0 N–H and O–H groups in total. The molecule has 18 heavy (non-hydrogen) atoms. The smallest absolute Gasteiger partial charge is 0.410 e. The second kappa shape index (κ2) is 4.90. The van der Waals surface area contributed by atoms with E-state index in [2.05, 4.69) is 13.8 Å². The van der Waals surface area contributed by atoms with Gasteiger partial charge in [-0.05, 0) is 46.0 Å². The summed E-state index contributed by atoms with van der Waals surface area (Å²) in [5.74, 6) is 0.0383. The minimum absolute atomic E-state index is 0.0383. The fourth-order valence-corrected chi connectivity index (χ4v) is 2.27. The van der Waals surface area contributed by atoms with Crippen molar-refractivity contribution in [3.05, 3.63) is 0 Å². The monoisotopic (exact) mass is 255 g/mol. The first-order valence-corrected chi connectivity index (χ1v) is 6.52. The largest absolute Gasteiger partial charge is 0.444 e. The van der Waals surface area contributed by atoms with Crippen molar-refractivity contribution in [2.24, 2.45) is 5.41 Å². The second-order valence-electron chi connectivity index (χ2n) is 6.94. The molecule has 1 saturated heterocycles. The molecule has 0 spiro atoms. The van der Waals surface area contributed by atoms with Crippen LogP contribution >= 0.6 is 0 Å². The van der Waals surface area contributed by atoms with E-state index in [0.717, 1.165) is 12.8 Å². The minimum atomic E-state index is -0.528. The fourth-order valence-electron chi connectivity index (χ4n) is 2.27. The van der Waals surface area contributed by atoms with E-state index >= 15 is 0 Å². The zero-order valence-corrected chi connectivity index (χ0v) is 12.4. The Balaban J connectivity index is 2.85. The molecular weight excluding hydrogens is 230 g/mol. The predicted molar refractivity (Wildman–Crippen MR) is 70.4 cm³/mol. The van der Waals surface area contributed by atoms with Crippen LogP contribution in [0.3, 0.4) is 0 Å². The molecule has 1 fully saturated rings. The molecule has 104 valence electrons. The Bertz CT molecular complexity index is 341. The van der Waals surface area contributed by atoms with Gasteiger partial charge in [0.15, 0.2) is 5.78 Å². The minimum Gasteiger partial charge on any atom is -0.444 e. The summed E-state index contributed by atoms with van der Waals surface area (Å²) in [4.78, 5) is 25.4. The molecule has 0 saturated carbocycles. The number of ether oxygens (including phenoxy) is 1. The lowest BCUT2D eigenvalue weighted by Gasteiger charge is -2.42. The molecule has 1 aliphatic heterocycles. The first-order chi connectivity index (χ1) is 8.02. The number of Topliss-reactive ketones (excluding diaryl/α,β-unsaturated/α-hetero) is 1.